The molecule has 0 radical (unpaired) electrons. The lowest BCUT2D eigenvalue weighted by molar-refractivity contribution is 0.0696. The third-order valence-corrected chi connectivity index (χ3v) is 3.80. The van der Waals surface area contributed by atoms with E-state index in [-0.39, 0.29) is 5.92 Å². The van der Waals surface area contributed by atoms with Gasteiger partial charge in [0.1, 0.15) is 5.82 Å². The van der Waals surface area contributed by atoms with E-state index in [1.165, 1.54) is 19.3 Å². The molecule has 4 nitrogen and oxygen atoms in total. The topological polar surface area (TPSA) is 62.2 Å². The molecule has 2 N–H and O–H groups in total. The second kappa shape index (κ2) is 8.65. The highest BCUT2D eigenvalue weighted by Gasteiger charge is 2.12. The van der Waals surface area contributed by atoms with Gasteiger partial charge >= 0.3 is 5.97 Å². The summed E-state index contributed by atoms with van der Waals surface area (Å²) in [6.07, 6.45) is 4.78. The fraction of sp³-hybridized carbons (Fsp3) is 0.647. The van der Waals surface area contributed by atoms with Crippen molar-refractivity contribution >= 4 is 11.8 Å². The van der Waals surface area contributed by atoms with Crippen LogP contribution in [-0.4, -0.2) is 22.6 Å². The molecular weight excluding hydrogens is 264 g/mol. The zero-order valence-corrected chi connectivity index (χ0v) is 13.6. The van der Waals surface area contributed by atoms with Crippen LogP contribution in [0.15, 0.2) is 12.1 Å². The van der Waals surface area contributed by atoms with E-state index in [0.717, 1.165) is 18.7 Å². The molecule has 0 fully saturated rings. The van der Waals surface area contributed by atoms with Gasteiger partial charge in [0, 0.05) is 12.2 Å². The Morgan fingerprint density at radius 2 is 2.05 bits per heavy atom. The molecule has 0 aromatic carbocycles. The van der Waals surface area contributed by atoms with Gasteiger partial charge < -0.3 is 10.4 Å². The quantitative estimate of drug-likeness (QED) is 0.702. The number of rotatable bonds is 9. The Morgan fingerprint density at radius 3 is 2.57 bits per heavy atom. The molecule has 1 unspecified atom stereocenters. The van der Waals surface area contributed by atoms with Crippen LogP contribution in [0.25, 0.3) is 0 Å². The van der Waals surface area contributed by atoms with Crippen LogP contribution in [0, 0.1) is 5.92 Å². The number of aromatic nitrogens is 1. The first-order valence-corrected chi connectivity index (χ1v) is 7.97. The Labute approximate surface area is 128 Å². The van der Waals surface area contributed by atoms with Crippen molar-refractivity contribution in [2.24, 2.45) is 5.92 Å². The lowest BCUT2D eigenvalue weighted by atomic mass is 9.99. The number of carbonyl (C=O) groups is 1. The normalized spacial score (nSPS) is 12.4. The zero-order chi connectivity index (χ0) is 15.8. The van der Waals surface area contributed by atoms with Crippen LogP contribution in [0.5, 0.6) is 0 Å². The second-order valence-corrected chi connectivity index (χ2v) is 5.92. The monoisotopic (exact) mass is 292 g/mol. The van der Waals surface area contributed by atoms with E-state index in [1.54, 1.807) is 12.1 Å². The second-order valence-electron chi connectivity index (χ2n) is 5.92. The number of aromatic carboxylic acids is 1. The number of hydrogen-bond donors (Lipinski definition) is 2. The van der Waals surface area contributed by atoms with Crippen molar-refractivity contribution in [2.75, 3.05) is 11.9 Å². The van der Waals surface area contributed by atoms with Gasteiger partial charge in [-0.15, -0.1) is 0 Å². The smallest absolute Gasteiger partial charge is 0.335 e. The molecule has 0 aliphatic heterocycles. The SMILES string of the molecule is CCCCC(CC)CNc1cc(C(=O)O)cc(C(C)C)n1. The molecule has 0 amide bonds. The van der Waals surface area contributed by atoms with E-state index >= 15 is 0 Å². The van der Waals surface area contributed by atoms with Gasteiger partial charge in [0.2, 0.25) is 0 Å². The minimum absolute atomic E-state index is 0.215. The molecule has 1 heterocycles. The van der Waals surface area contributed by atoms with Crippen molar-refractivity contribution in [1.82, 2.24) is 4.98 Å². The van der Waals surface area contributed by atoms with Crippen molar-refractivity contribution in [3.05, 3.63) is 23.4 Å². The van der Waals surface area contributed by atoms with E-state index in [9.17, 15) is 9.90 Å². The minimum Gasteiger partial charge on any atom is -0.478 e. The predicted molar refractivity (Wildman–Crippen MR) is 87.1 cm³/mol. The largest absolute Gasteiger partial charge is 0.478 e. The highest BCUT2D eigenvalue weighted by atomic mass is 16.4. The lowest BCUT2D eigenvalue weighted by Gasteiger charge is -2.17. The third-order valence-electron chi connectivity index (χ3n) is 3.80. The molecule has 1 rings (SSSR count). The fourth-order valence-electron chi connectivity index (χ4n) is 2.25. The summed E-state index contributed by atoms with van der Waals surface area (Å²) in [4.78, 5) is 15.7. The molecular formula is C17H28N2O2. The van der Waals surface area contributed by atoms with E-state index in [0.29, 0.717) is 17.3 Å². The lowest BCUT2D eigenvalue weighted by Crippen LogP contribution is -2.15. The van der Waals surface area contributed by atoms with Crippen molar-refractivity contribution < 1.29 is 9.90 Å². The standard InChI is InChI=1S/C17H28N2O2/c1-5-7-8-13(6-2)11-18-16-10-14(17(20)21)9-15(19-16)12(3)4/h9-10,12-13H,5-8,11H2,1-4H3,(H,18,19)(H,20,21). The summed E-state index contributed by atoms with van der Waals surface area (Å²) in [6.45, 7) is 9.29. The summed E-state index contributed by atoms with van der Waals surface area (Å²) >= 11 is 0. The maximum absolute atomic E-state index is 11.2. The molecule has 0 spiro atoms. The van der Waals surface area contributed by atoms with Gasteiger partial charge in [-0.05, 0) is 30.4 Å². The van der Waals surface area contributed by atoms with Crippen molar-refractivity contribution in [1.29, 1.82) is 0 Å². The van der Waals surface area contributed by atoms with Crippen LogP contribution in [0.4, 0.5) is 5.82 Å². The first-order chi connectivity index (χ1) is 9.97. The summed E-state index contributed by atoms with van der Waals surface area (Å²) in [5.41, 5.74) is 1.12. The number of nitrogens with zero attached hydrogens (tertiary/aromatic N) is 1. The number of anilines is 1. The Bertz CT molecular complexity index is 458. The number of unbranched alkanes of at least 4 members (excludes halogenated alkanes) is 1. The average molecular weight is 292 g/mol. The molecule has 4 heteroatoms. The molecule has 1 aromatic rings. The number of carboxylic acids is 1. The molecule has 1 aromatic heterocycles. The summed E-state index contributed by atoms with van der Waals surface area (Å²) in [7, 11) is 0. The predicted octanol–water partition coefficient (Wildman–Crippen LogP) is 4.53. The summed E-state index contributed by atoms with van der Waals surface area (Å²) in [5, 5.41) is 12.5. The van der Waals surface area contributed by atoms with Gasteiger partial charge in [0.25, 0.3) is 0 Å². The highest BCUT2D eigenvalue weighted by molar-refractivity contribution is 5.88. The van der Waals surface area contributed by atoms with Gasteiger partial charge in [-0.25, -0.2) is 9.78 Å². The van der Waals surface area contributed by atoms with Gasteiger partial charge in [-0.2, -0.15) is 0 Å². The van der Waals surface area contributed by atoms with E-state index in [1.807, 2.05) is 13.8 Å². The molecule has 0 saturated heterocycles. The molecule has 118 valence electrons. The first-order valence-electron chi connectivity index (χ1n) is 7.97. The van der Waals surface area contributed by atoms with Gasteiger partial charge in [-0.3, -0.25) is 0 Å². The number of pyridine rings is 1. The van der Waals surface area contributed by atoms with Crippen LogP contribution in [0.3, 0.4) is 0 Å². The summed E-state index contributed by atoms with van der Waals surface area (Å²) in [5.74, 6) is 0.601. The van der Waals surface area contributed by atoms with Crippen LogP contribution in [-0.2, 0) is 0 Å². The number of carboxylic acid groups (broad SMARTS) is 1. The summed E-state index contributed by atoms with van der Waals surface area (Å²) in [6, 6.07) is 3.29. The minimum atomic E-state index is -0.902. The van der Waals surface area contributed by atoms with Crippen LogP contribution in [0.1, 0.15) is 75.3 Å². The van der Waals surface area contributed by atoms with Gasteiger partial charge in [-0.1, -0.05) is 47.0 Å². The highest BCUT2D eigenvalue weighted by Crippen LogP contribution is 2.19. The van der Waals surface area contributed by atoms with Gasteiger partial charge in [0.15, 0.2) is 0 Å². The van der Waals surface area contributed by atoms with Crippen molar-refractivity contribution in [2.45, 2.75) is 59.3 Å². The first kappa shape index (κ1) is 17.5. The number of hydrogen-bond acceptors (Lipinski definition) is 3. The molecule has 1 atom stereocenters. The van der Waals surface area contributed by atoms with Crippen LogP contribution >= 0.6 is 0 Å². The Kier molecular flexibility index (Phi) is 7.20. The molecule has 21 heavy (non-hydrogen) atoms. The van der Waals surface area contributed by atoms with E-state index < -0.39 is 5.97 Å². The fourth-order valence-corrected chi connectivity index (χ4v) is 2.25. The van der Waals surface area contributed by atoms with Gasteiger partial charge in [0.05, 0.1) is 5.56 Å². The molecule has 0 aliphatic carbocycles. The molecule has 0 saturated carbocycles. The molecule has 0 aliphatic rings. The van der Waals surface area contributed by atoms with Crippen molar-refractivity contribution in [3.63, 3.8) is 0 Å². The molecule has 0 bridgehead atoms. The third kappa shape index (κ3) is 5.74. The number of nitrogens with one attached hydrogen (secondary N) is 1. The van der Waals surface area contributed by atoms with E-state index in [4.69, 9.17) is 0 Å². The Hall–Kier alpha value is -1.58. The maximum Gasteiger partial charge on any atom is 0.335 e. The van der Waals surface area contributed by atoms with Crippen molar-refractivity contribution in [3.8, 4) is 0 Å². The maximum atomic E-state index is 11.2. The van der Waals surface area contributed by atoms with Crippen LogP contribution in [0.2, 0.25) is 0 Å². The van der Waals surface area contributed by atoms with Crippen LogP contribution < -0.4 is 5.32 Å². The summed E-state index contributed by atoms with van der Waals surface area (Å²) < 4.78 is 0. The Morgan fingerprint density at radius 1 is 1.33 bits per heavy atom. The zero-order valence-electron chi connectivity index (χ0n) is 13.6. The average Bonchev–Trinajstić information content (AvgIpc) is 2.47. The van der Waals surface area contributed by atoms with E-state index in [2.05, 4.69) is 24.1 Å². The Balaban J connectivity index is 2.79.